The maximum atomic E-state index is 14.2. The van der Waals surface area contributed by atoms with Crippen LogP contribution in [0.5, 0.6) is 0 Å². The number of hydrogen-bond acceptors (Lipinski definition) is 7. The summed E-state index contributed by atoms with van der Waals surface area (Å²) in [5, 5.41) is 24.1. The minimum atomic E-state index is -1.48. The van der Waals surface area contributed by atoms with E-state index in [0.29, 0.717) is 18.4 Å². The van der Waals surface area contributed by atoms with Gasteiger partial charge in [0.15, 0.2) is 0 Å². The second kappa shape index (κ2) is 18.6. The normalized spacial score (nSPS) is 15.5. The summed E-state index contributed by atoms with van der Waals surface area (Å²) in [6.45, 7) is 0.146. The van der Waals surface area contributed by atoms with Gasteiger partial charge in [-0.3, -0.25) is 28.8 Å². The number of halogens is 1. The predicted octanol–water partition coefficient (Wildman–Crippen LogP) is 0.693. The van der Waals surface area contributed by atoms with Crippen LogP contribution in [0.2, 0.25) is 0 Å². The van der Waals surface area contributed by atoms with Crippen molar-refractivity contribution in [1.82, 2.24) is 26.6 Å². The lowest BCUT2D eigenvalue weighted by molar-refractivity contribution is -0.140. The first kappa shape index (κ1) is 38.5. The highest BCUT2D eigenvalue weighted by molar-refractivity contribution is 6.27. The number of alkyl halides is 1. The number of nitrogens with two attached hydrogens (primary N) is 2. The topological polar surface area (TPSA) is 252 Å². The first-order valence-corrected chi connectivity index (χ1v) is 16.7. The number of nitrogens with one attached hydrogen (secondary N) is 5. The van der Waals surface area contributed by atoms with Crippen molar-refractivity contribution in [3.63, 3.8) is 0 Å². The number of amides is 7. The van der Waals surface area contributed by atoms with E-state index in [-0.39, 0.29) is 45.1 Å². The SMILES string of the molecule is NC(=O)NCCCC(NC(=O)C(Cc1ccc2ccccc2c1)NC(=O)C1(NC(=O)C(CCC(=O)O)NC(=O)CCl)CCCCC1)C(N)=O. The summed E-state index contributed by atoms with van der Waals surface area (Å²) < 4.78 is 0. The number of carboxylic acids is 1. The number of carbonyl (C=O) groups excluding carboxylic acids is 6. The molecule has 7 amide bonds. The van der Waals surface area contributed by atoms with Crippen molar-refractivity contribution in [2.45, 2.75) is 87.9 Å². The van der Waals surface area contributed by atoms with Crippen molar-refractivity contribution in [3.8, 4) is 0 Å². The number of primary amides is 2. The van der Waals surface area contributed by atoms with E-state index in [1.165, 1.54) is 0 Å². The van der Waals surface area contributed by atoms with E-state index < -0.39 is 77.5 Å². The second-order valence-electron chi connectivity index (χ2n) is 12.1. The van der Waals surface area contributed by atoms with E-state index >= 15 is 0 Å². The number of urea groups is 1. The van der Waals surface area contributed by atoms with Gasteiger partial charge in [0.1, 0.15) is 29.5 Å². The first-order valence-electron chi connectivity index (χ1n) is 16.1. The molecule has 1 saturated carbocycles. The lowest BCUT2D eigenvalue weighted by Crippen LogP contribution is -2.65. The molecule has 3 rings (SSSR count). The van der Waals surface area contributed by atoms with Crippen LogP contribution in [0.3, 0.4) is 0 Å². The highest BCUT2D eigenvalue weighted by atomic mass is 35.5. The minimum absolute atomic E-state index is 0.0220. The maximum absolute atomic E-state index is 14.2. The van der Waals surface area contributed by atoms with Crippen molar-refractivity contribution in [2.75, 3.05) is 12.4 Å². The molecule has 1 fully saturated rings. The third-order valence-corrected chi connectivity index (χ3v) is 8.67. The highest BCUT2D eigenvalue weighted by Crippen LogP contribution is 2.29. The van der Waals surface area contributed by atoms with Gasteiger partial charge in [-0.25, -0.2) is 4.79 Å². The summed E-state index contributed by atoms with van der Waals surface area (Å²) >= 11 is 5.61. The van der Waals surface area contributed by atoms with Crippen LogP contribution >= 0.6 is 11.6 Å². The molecule has 15 nitrogen and oxygen atoms in total. The zero-order chi connectivity index (χ0) is 36.0. The molecule has 266 valence electrons. The van der Waals surface area contributed by atoms with Crippen LogP contribution in [0.4, 0.5) is 4.79 Å². The molecule has 0 bridgehead atoms. The Morgan fingerprint density at radius 1 is 0.816 bits per heavy atom. The Balaban J connectivity index is 1.89. The number of carboxylic acid groups (broad SMARTS) is 1. The van der Waals surface area contributed by atoms with Crippen LogP contribution in [0.25, 0.3) is 10.8 Å². The molecule has 16 heteroatoms. The van der Waals surface area contributed by atoms with Crippen LogP contribution in [0.15, 0.2) is 42.5 Å². The van der Waals surface area contributed by atoms with Gasteiger partial charge in [-0.1, -0.05) is 61.7 Å². The Hall–Kier alpha value is -4.92. The lowest BCUT2D eigenvalue weighted by atomic mass is 9.80. The fourth-order valence-electron chi connectivity index (χ4n) is 5.84. The Morgan fingerprint density at radius 2 is 1.51 bits per heavy atom. The van der Waals surface area contributed by atoms with Crippen molar-refractivity contribution in [2.24, 2.45) is 11.5 Å². The number of carbonyl (C=O) groups is 7. The van der Waals surface area contributed by atoms with Crippen molar-refractivity contribution in [1.29, 1.82) is 0 Å². The molecule has 0 aromatic heterocycles. The molecule has 2 aromatic carbocycles. The predicted molar refractivity (Wildman–Crippen MR) is 181 cm³/mol. The number of hydrogen-bond donors (Lipinski definition) is 8. The Morgan fingerprint density at radius 3 is 2.14 bits per heavy atom. The largest absolute Gasteiger partial charge is 0.481 e. The van der Waals surface area contributed by atoms with Crippen LogP contribution in [0.1, 0.15) is 63.4 Å². The number of fused-ring (bicyclic) bond motifs is 1. The summed E-state index contributed by atoms with van der Waals surface area (Å²) in [7, 11) is 0. The van der Waals surface area contributed by atoms with Crippen LogP contribution in [-0.4, -0.2) is 82.7 Å². The molecule has 0 spiro atoms. The molecule has 10 N–H and O–H groups in total. The van der Waals surface area contributed by atoms with E-state index in [4.69, 9.17) is 23.1 Å². The van der Waals surface area contributed by atoms with Crippen molar-refractivity contribution < 1.29 is 38.7 Å². The van der Waals surface area contributed by atoms with Gasteiger partial charge >= 0.3 is 12.0 Å². The average Bonchev–Trinajstić information content (AvgIpc) is 3.07. The maximum Gasteiger partial charge on any atom is 0.312 e. The summed E-state index contributed by atoms with van der Waals surface area (Å²) in [6.07, 6.45) is 2.11. The molecule has 0 heterocycles. The quantitative estimate of drug-likeness (QED) is 0.0809. The van der Waals surface area contributed by atoms with Gasteiger partial charge in [0.05, 0.1) is 0 Å². The first-order chi connectivity index (χ1) is 23.3. The number of benzene rings is 2. The van der Waals surface area contributed by atoms with E-state index in [1.807, 2.05) is 42.5 Å². The van der Waals surface area contributed by atoms with Crippen LogP contribution in [-0.2, 0) is 35.2 Å². The molecule has 49 heavy (non-hydrogen) atoms. The summed E-state index contributed by atoms with van der Waals surface area (Å²) in [6, 6.07) is 8.85. The standard InChI is InChI=1S/C33H44ClN7O8/c34-19-26(42)38-24(12-13-27(43)44)30(47)41-33(14-4-1-5-15-33)31(48)40-25(18-20-10-11-21-7-2-3-8-22(21)17-20)29(46)39-23(28(35)45)9-6-16-37-32(36)49/h2-3,7-8,10-11,17,23-25H,1,4-6,9,12-16,18-19H2,(H2,35,45)(H,38,42)(H,39,46)(H,40,48)(H,41,47)(H,43,44)(H3,36,37,49). The molecule has 0 saturated heterocycles. The number of aliphatic carboxylic acids is 1. The summed E-state index contributed by atoms with van der Waals surface area (Å²) in [4.78, 5) is 88.1. The smallest absolute Gasteiger partial charge is 0.312 e. The van der Waals surface area contributed by atoms with E-state index in [1.54, 1.807) is 0 Å². The fraction of sp³-hybridized carbons (Fsp3) is 0.485. The minimum Gasteiger partial charge on any atom is -0.481 e. The van der Waals surface area contributed by atoms with Gasteiger partial charge in [-0.2, -0.15) is 0 Å². The van der Waals surface area contributed by atoms with Crippen LogP contribution < -0.4 is 38.1 Å². The Bertz CT molecular complexity index is 1530. The fourth-order valence-corrected chi connectivity index (χ4v) is 5.92. The monoisotopic (exact) mass is 701 g/mol. The third-order valence-electron chi connectivity index (χ3n) is 8.43. The molecule has 3 atom stereocenters. The van der Waals surface area contributed by atoms with Crippen molar-refractivity contribution in [3.05, 3.63) is 48.0 Å². The lowest BCUT2D eigenvalue weighted by Gasteiger charge is -2.38. The number of rotatable bonds is 18. The zero-order valence-corrected chi connectivity index (χ0v) is 27.9. The van der Waals surface area contributed by atoms with E-state index in [9.17, 15) is 38.7 Å². The molecule has 1 aliphatic rings. The van der Waals surface area contributed by atoms with Gasteiger partial charge in [0.2, 0.25) is 29.5 Å². The molecule has 2 aromatic rings. The Kier molecular flexibility index (Phi) is 14.6. The van der Waals surface area contributed by atoms with E-state index in [2.05, 4.69) is 26.6 Å². The highest BCUT2D eigenvalue weighted by Gasteiger charge is 2.43. The Labute approximate surface area is 288 Å². The average molecular weight is 702 g/mol. The van der Waals surface area contributed by atoms with Gasteiger partial charge in [-0.15, -0.1) is 11.6 Å². The van der Waals surface area contributed by atoms with Gasteiger partial charge in [0.25, 0.3) is 0 Å². The second-order valence-corrected chi connectivity index (χ2v) is 12.4. The molecular formula is C33H44ClN7O8. The summed E-state index contributed by atoms with van der Waals surface area (Å²) in [5.74, 6) is -5.24. The van der Waals surface area contributed by atoms with Gasteiger partial charge < -0.3 is 43.2 Å². The molecule has 0 aliphatic heterocycles. The molecule has 0 radical (unpaired) electrons. The summed E-state index contributed by atoms with van der Waals surface area (Å²) in [5.41, 5.74) is 9.90. The van der Waals surface area contributed by atoms with Crippen LogP contribution in [0, 0.1) is 0 Å². The third kappa shape index (κ3) is 11.9. The van der Waals surface area contributed by atoms with Crippen molar-refractivity contribution >= 4 is 63.9 Å². The van der Waals surface area contributed by atoms with E-state index in [0.717, 1.165) is 17.2 Å². The molecular weight excluding hydrogens is 658 g/mol. The zero-order valence-electron chi connectivity index (χ0n) is 27.1. The molecule has 3 unspecified atom stereocenters. The molecule has 1 aliphatic carbocycles. The van der Waals surface area contributed by atoms with Gasteiger partial charge in [-0.05, 0) is 48.4 Å². The van der Waals surface area contributed by atoms with Gasteiger partial charge in [0, 0.05) is 19.4 Å².